The van der Waals surface area contributed by atoms with Crippen molar-refractivity contribution < 1.29 is 9.59 Å². The molecule has 0 radical (unpaired) electrons. The number of anilines is 2. The Hall–Kier alpha value is -3.40. The fourth-order valence-corrected chi connectivity index (χ4v) is 2.98. The van der Waals surface area contributed by atoms with E-state index in [1.165, 1.54) is 0 Å². The van der Waals surface area contributed by atoms with Crippen molar-refractivity contribution in [2.75, 3.05) is 17.3 Å². The lowest BCUT2D eigenvalue weighted by Crippen LogP contribution is -2.26. The third-order valence-corrected chi connectivity index (χ3v) is 4.32. The molecular weight excluding hydrogens is 336 g/mol. The number of benzene rings is 3. The van der Waals surface area contributed by atoms with Gasteiger partial charge in [0.2, 0.25) is 0 Å². The van der Waals surface area contributed by atoms with E-state index in [-0.39, 0.29) is 11.8 Å². The Kier molecular flexibility index (Phi) is 5.36. The summed E-state index contributed by atoms with van der Waals surface area (Å²) in [5.74, 6) is -0.321. The summed E-state index contributed by atoms with van der Waals surface area (Å²) in [5, 5.41) is 2.90. The molecule has 3 rings (SSSR count). The van der Waals surface area contributed by atoms with Crippen LogP contribution in [0.2, 0.25) is 0 Å². The number of hydrogen-bond acceptors (Lipinski definition) is 2. The highest BCUT2D eigenvalue weighted by atomic mass is 16.2. The summed E-state index contributed by atoms with van der Waals surface area (Å²) in [5.41, 5.74) is 4.81. The first-order chi connectivity index (χ1) is 12.9. The lowest BCUT2D eigenvalue weighted by atomic mass is 10.1. The van der Waals surface area contributed by atoms with E-state index in [9.17, 15) is 9.59 Å². The number of carbonyl (C=O) groups is 2. The van der Waals surface area contributed by atoms with Gasteiger partial charge in [0.1, 0.15) is 0 Å². The largest absolute Gasteiger partial charge is 0.322 e. The quantitative estimate of drug-likeness (QED) is 0.726. The van der Waals surface area contributed by atoms with E-state index in [1.54, 1.807) is 36.2 Å². The average molecular weight is 358 g/mol. The summed E-state index contributed by atoms with van der Waals surface area (Å²) < 4.78 is 0. The average Bonchev–Trinajstić information content (AvgIpc) is 2.67. The zero-order valence-electron chi connectivity index (χ0n) is 15.7. The van der Waals surface area contributed by atoms with Crippen LogP contribution in [0.25, 0.3) is 0 Å². The van der Waals surface area contributed by atoms with Crippen molar-refractivity contribution in [3.05, 3.63) is 95.1 Å². The standard InChI is InChI=1S/C23H22N2O2/c1-16-13-17(2)15-20(14-16)24-22(26)18-9-11-19(12-10-18)23(27)25(3)21-7-5-4-6-8-21/h4-15H,1-3H3,(H,24,26). The first kappa shape index (κ1) is 18.4. The van der Waals surface area contributed by atoms with E-state index in [4.69, 9.17) is 0 Å². The van der Waals surface area contributed by atoms with Crippen molar-refractivity contribution in [1.82, 2.24) is 0 Å². The molecule has 27 heavy (non-hydrogen) atoms. The molecule has 0 aliphatic carbocycles. The Bertz CT molecular complexity index is 943. The summed E-state index contributed by atoms with van der Waals surface area (Å²) in [4.78, 5) is 26.7. The van der Waals surface area contributed by atoms with Gasteiger partial charge in [0.15, 0.2) is 0 Å². The second-order valence-corrected chi connectivity index (χ2v) is 6.61. The first-order valence-corrected chi connectivity index (χ1v) is 8.77. The van der Waals surface area contributed by atoms with Crippen LogP contribution in [0, 0.1) is 13.8 Å². The molecule has 0 heterocycles. The molecule has 4 nitrogen and oxygen atoms in total. The number of aryl methyl sites for hydroxylation is 2. The molecule has 0 atom stereocenters. The third-order valence-electron chi connectivity index (χ3n) is 4.32. The highest BCUT2D eigenvalue weighted by molar-refractivity contribution is 6.08. The molecule has 0 aromatic heterocycles. The number of nitrogens with zero attached hydrogens (tertiary/aromatic N) is 1. The topological polar surface area (TPSA) is 49.4 Å². The number of nitrogens with one attached hydrogen (secondary N) is 1. The van der Waals surface area contributed by atoms with Gasteiger partial charge in [-0.3, -0.25) is 9.59 Å². The molecule has 0 unspecified atom stereocenters. The monoisotopic (exact) mass is 358 g/mol. The van der Waals surface area contributed by atoms with Crippen molar-refractivity contribution in [3.8, 4) is 0 Å². The second kappa shape index (κ2) is 7.87. The maximum atomic E-state index is 12.6. The molecule has 0 aliphatic heterocycles. The SMILES string of the molecule is Cc1cc(C)cc(NC(=O)c2ccc(C(=O)N(C)c3ccccc3)cc2)c1. The van der Waals surface area contributed by atoms with Gasteiger partial charge < -0.3 is 10.2 Å². The molecule has 0 spiro atoms. The smallest absolute Gasteiger partial charge is 0.258 e. The maximum Gasteiger partial charge on any atom is 0.258 e. The Labute approximate surface area is 159 Å². The van der Waals surface area contributed by atoms with Crippen molar-refractivity contribution in [1.29, 1.82) is 0 Å². The highest BCUT2D eigenvalue weighted by Gasteiger charge is 2.14. The number of hydrogen-bond donors (Lipinski definition) is 1. The van der Waals surface area contributed by atoms with Gasteiger partial charge in [0, 0.05) is 29.5 Å². The molecule has 4 heteroatoms. The van der Waals surface area contributed by atoms with Crippen LogP contribution in [0.5, 0.6) is 0 Å². The fourth-order valence-electron chi connectivity index (χ4n) is 2.98. The number of amides is 2. The van der Waals surface area contributed by atoms with Crippen LogP contribution in [-0.4, -0.2) is 18.9 Å². The summed E-state index contributed by atoms with van der Waals surface area (Å²) in [6.45, 7) is 3.98. The summed E-state index contributed by atoms with van der Waals surface area (Å²) in [6.07, 6.45) is 0. The highest BCUT2D eigenvalue weighted by Crippen LogP contribution is 2.17. The zero-order chi connectivity index (χ0) is 19.4. The van der Waals surface area contributed by atoms with E-state index >= 15 is 0 Å². The molecule has 3 aromatic rings. The molecule has 0 saturated carbocycles. The van der Waals surface area contributed by atoms with Gasteiger partial charge in [0.05, 0.1) is 0 Å². The van der Waals surface area contributed by atoms with E-state index in [1.807, 2.05) is 56.3 Å². The first-order valence-electron chi connectivity index (χ1n) is 8.77. The lowest BCUT2D eigenvalue weighted by Gasteiger charge is -2.17. The normalized spacial score (nSPS) is 10.3. The molecule has 0 fully saturated rings. The van der Waals surface area contributed by atoms with Crippen LogP contribution in [-0.2, 0) is 0 Å². The molecule has 3 aromatic carbocycles. The molecule has 2 amide bonds. The zero-order valence-corrected chi connectivity index (χ0v) is 15.7. The van der Waals surface area contributed by atoms with Gasteiger partial charge >= 0.3 is 0 Å². The van der Waals surface area contributed by atoms with Gasteiger partial charge in [-0.15, -0.1) is 0 Å². The number of rotatable bonds is 4. The maximum absolute atomic E-state index is 12.6. The van der Waals surface area contributed by atoms with E-state index < -0.39 is 0 Å². The minimum absolute atomic E-state index is 0.123. The summed E-state index contributed by atoms with van der Waals surface area (Å²) in [7, 11) is 1.73. The van der Waals surface area contributed by atoms with Crippen LogP contribution in [0.15, 0.2) is 72.8 Å². The minimum atomic E-state index is -0.199. The number of para-hydroxylation sites is 1. The predicted octanol–water partition coefficient (Wildman–Crippen LogP) is 4.83. The lowest BCUT2D eigenvalue weighted by molar-refractivity contribution is 0.0989. The van der Waals surface area contributed by atoms with E-state index in [0.29, 0.717) is 11.1 Å². The van der Waals surface area contributed by atoms with E-state index in [2.05, 4.69) is 11.4 Å². The Morgan fingerprint density at radius 2 is 1.33 bits per heavy atom. The van der Waals surface area contributed by atoms with Gasteiger partial charge in [-0.1, -0.05) is 24.3 Å². The van der Waals surface area contributed by atoms with Crippen LogP contribution >= 0.6 is 0 Å². The Morgan fingerprint density at radius 1 is 0.778 bits per heavy atom. The fraction of sp³-hybridized carbons (Fsp3) is 0.130. The molecule has 136 valence electrons. The van der Waals surface area contributed by atoms with Gasteiger partial charge in [-0.2, -0.15) is 0 Å². The summed E-state index contributed by atoms with van der Waals surface area (Å²) in [6, 6.07) is 22.1. The van der Waals surface area contributed by atoms with Crippen LogP contribution in [0.3, 0.4) is 0 Å². The van der Waals surface area contributed by atoms with Crippen molar-refractivity contribution in [3.63, 3.8) is 0 Å². The number of carbonyl (C=O) groups excluding carboxylic acids is 2. The molecule has 0 aliphatic rings. The molecule has 0 bridgehead atoms. The van der Waals surface area contributed by atoms with Crippen LogP contribution < -0.4 is 10.2 Å². The molecular formula is C23H22N2O2. The minimum Gasteiger partial charge on any atom is -0.322 e. The molecule has 0 saturated heterocycles. The van der Waals surface area contributed by atoms with Gasteiger partial charge in [-0.25, -0.2) is 0 Å². The second-order valence-electron chi connectivity index (χ2n) is 6.61. The van der Waals surface area contributed by atoms with Crippen LogP contribution in [0.4, 0.5) is 11.4 Å². The van der Waals surface area contributed by atoms with Gasteiger partial charge in [-0.05, 0) is 73.5 Å². The Morgan fingerprint density at radius 3 is 1.93 bits per heavy atom. The Balaban J connectivity index is 1.72. The van der Waals surface area contributed by atoms with Crippen molar-refractivity contribution in [2.24, 2.45) is 0 Å². The predicted molar refractivity (Wildman–Crippen MR) is 109 cm³/mol. The van der Waals surface area contributed by atoms with Crippen molar-refractivity contribution >= 4 is 23.2 Å². The van der Waals surface area contributed by atoms with Gasteiger partial charge in [0.25, 0.3) is 11.8 Å². The van der Waals surface area contributed by atoms with Crippen molar-refractivity contribution in [2.45, 2.75) is 13.8 Å². The molecule has 1 N–H and O–H groups in total. The summed E-state index contributed by atoms with van der Waals surface area (Å²) >= 11 is 0. The van der Waals surface area contributed by atoms with E-state index in [0.717, 1.165) is 22.5 Å². The third kappa shape index (κ3) is 4.42. The van der Waals surface area contributed by atoms with Crippen LogP contribution in [0.1, 0.15) is 31.8 Å².